The highest BCUT2D eigenvalue weighted by Crippen LogP contribution is 2.29. The second kappa shape index (κ2) is 8.38. The molecule has 0 spiro atoms. The summed E-state index contributed by atoms with van der Waals surface area (Å²) in [6, 6.07) is 4.36. The number of piperazine rings is 1. The van der Waals surface area contributed by atoms with E-state index in [1.54, 1.807) is 4.90 Å². The standard InChI is InChI=1S/C19H24F3N3O3/c20-19(21,22)15-5-3-14(4-6-15)11-17(26)25-10-9-24(18(27)28)13-16(25)12-23-7-1-2-8-23/h3-6,16H,1-2,7-13H2,(H,27,28). The molecule has 0 aromatic heterocycles. The van der Waals surface area contributed by atoms with Crippen LogP contribution in [0.3, 0.4) is 0 Å². The summed E-state index contributed by atoms with van der Waals surface area (Å²) in [5, 5.41) is 9.29. The summed E-state index contributed by atoms with van der Waals surface area (Å²) >= 11 is 0. The lowest BCUT2D eigenvalue weighted by Crippen LogP contribution is -2.59. The summed E-state index contributed by atoms with van der Waals surface area (Å²) in [6.07, 6.45) is -3.22. The van der Waals surface area contributed by atoms with Gasteiger partial charge in [-0.05, 0) is 43.6 Å². The maximum atomic E-state index is 12.8. The van der Waals surface area contributed by atoms with Crippen LogP contribution in [0.5, 0.6) is 0 Å². The van der Waals surface area contributed by atoms with E-state index < -0.39 is 17.8 Å². The van der Waals surface area contributed by atoms with Gasteiger partial charge in [-0.1, -0.05) is 12.1 Å². The Morgan fingerprint density at radius 3 is 2.25 bits per heavy atom. The number of hydrogen-bond donors (Lipinski definition) is 1. The molecule has 0 radical (unpaired) electrons. The molecule has 2 amide bonds. The Kier molecular flexibility index (Phi) is 6.12. The Balaban J connectivity index is 1.67. The normalized spacial score (nSPS) is 21.2. The van der Waals surface area contributed by atoms with Crippen LogP contribution in [0.1, 0.15) is 24.0 Å². The van der Waals surface area contributed by atoms with E-state index in [0.717, 1.165) is 38.1 Å². The van der Waals surface area contributed by atoms with Crippen LogP contribution in [0.2, 0.25) is 0 Å². The molecule has 2 aliphatic rings. The predicted octanol–water partition coefficient (Wildman–Crippen LogP) is 2.53. The maximum absolute atomic E-state index is 12.8. The van der Waals surface area contributed by atoms with E-state index in [1.165, 1.54) is 17.0 Å². The molecule has 9 heteroatoms. The van der Waals surface area contributed by atoms with E-state index in [9.17, 15) is 27.9 Å². The van der Waals surface area contributed by atoms with Gasteiger partial charge in [-0.25, -0.2) is 4.79 Å². The van der Waals surface area contributed by atoms with Crippen LogP contribution in [0.15, 0.2) is 24.3 Å². The van der Waals surface area contributed by atoms with Crippen molar-refractivity contribution in [3.63, 3.8) is 0 Å². The van der Waals surface area contributed by atoms with Crippen LogP contribution in [0.4, 0.5) is 18.0 Å². The molecule has 1 aromatic rings. The number of likely N-dealkylation sites (tertiary alicyclic amines) is 1. The average Bonchev–Trinajstić information content (AvgIpc) is 3.14. The first kappa shape index (κ1) is 20.4. The molecule has 2 aliphatic heterocycles. The lowest BCUT2D eigenvalue weighted by molar-refractivity contribution is -0.137. The van der Waals surface area contributed by atoms with Crippen molar-refractivity contribution in [2.24, 2.45) is 0 Å². The molecule has 2 heterocycles. The molecule has 28 heavy (non-hydrogen) atoms. The molecule has 1 aromatic carbocycles. The molecule has 154 valence electrons. The average molecular weight is 399 g/mol. The molecule has 2 fully saturated rings. The Labute approximate surface area is 161 Å². The van der Waals surface area contributed by atoms with E-state index in [2.05, 4.69) is 4.90 Å². The SMILES string of the molecule is O=C(O)N1CCN(C(=O)Cc2ccc(C(F)(F)F)cc2)C(CN2CCCC2)C1. The minimum Gasteiger partial charge on any atom is -0.465 e. The number of rotatable bonds is 4. The first-order valence-corrected chi connectivity index (χ1v) is 9.40. The van der Waals surface area contributed by atoms with E-state index in [-0.39, 0.29) is 31.5 Å². The van der Waals surface area contributed by atoms with Crippen LogP contribution in [-0.4, -0.2) is 77.1 Å². The Bertz CT molecular complexity index is 703. The minimum atomic E-state index is -4.41. The van der Waals surface area contributed by atoms with Gasteiger partial charge >= 0.3 is 12.3 Å². The zero-order valence-corrected chi connectivity index (χ0v) is 15.5. The summed E-state index contributed by atoms with van der Waals surface area (Å²) in [6.45, 7) is 3.27. The Hall–Kier alpha value is -2.29. The van der Waals surface area contributed by atoms with Gasteiger partial charge in [-0.3, -0.25) is 4.79 Å². The zero-order valence-electron chi connectivity index (χ0n) is 15.5. The van der Waals surface area contributed by atoms with Crippen molar-refractivity contribution in [1.29, 1.82) is 0 Å². The van der Waals surface area contributed by atoms with Gasteiger partial charge in [0, 0.05) is 26.2 Å². The van der Waals surface area contributed by atoms with Crippen molar-refractivity contribution in [3.05, 3.63) is 35.4 Å². The summed E-state index contributed by atoms with van der Waals surface area (Å²) in [5.41, 5.74) is -0.232. The summed E-state index contributed by atoms with van der Waals surface area (Å²) in [5.74, 6) is -0.186. The molecular formula is C19H24F3N3O3. The summed E-state index contributed by atoms with van der Waals surface area (Å²) in [7, 11) is 0. The highest BCUT2D eigenvalue weighted by atomic mass is 19.4. The number of nitrogens with zero attached hydrogens (tertiary/aromatic N) is 3. The number of amides is 2. The first-order valence-electron chi connectivity index (χ1n) is 9.40. The minimum absolute atomic E-state index is 0.00170. The molecule has 1 N–H and O–H groups in total. The maximum Gasteiger partial charge on any atom is 0.416 e. The molecule has 1 unspecified atom stereocenters. The Morgan fingerprint density at radius 1 is 1.04 bits per heavy atom. The lowest BCUT2D eigenvalue weighted by atomic mass is 10.1. The predicted molar refractivity (Wildman–Crippen MR) is 95.9 cm³/mol. The molecule has 0 bridgehead atoms. The number of carbonyl (C=O) groups is 2. The van der Waals surface area contributed by atoms with E-state index in [0.29, 0.717) is 18.7 Å². The monoisotopic (exact) mass is 399 g/mol. The Morgan fingerprint density at radius 2 is 1.68 bits per heavy atom. The van der Waals surface area contributed by atoms with Crippen molar-refractivity contribution in [1.82, 2.24) is 14.7 Å². The van der Waals surface area contributed by atoms with E-state index >= 15 is 0 Å². The van der Waals surface area contributed by atoms with Crippen LogP contribution >= 0.6 is 0 Å². The van der Waals surface area contributed by atoms with Crippen molar-refractivity contribution < 1.29 is 27.9 Å². The first-order chi connectivity index (χ1) is 13.2. The summed E-state index contributed by atoms with van der Waals surface area (Å²) < 4.78 is 38.1. The van der Waals surface area contributed by atoms with Gasteiger partial charge in [0.2, 0.25) is 5.91 Å². The highest BCUT2D eigenvalue weighted by Gasteiger charge is 2.34. The third kappa shape index (κ3) is 4.95. The number of halogens is 3. The molecule has 0 aliphatic carbocycles. The number of carboxylic acid groups (broad SMARTS) is 1. The number of benzene rings is 1. The van der Waals surface area contributed by atoms with Gasteiger partial charge in [0.15, 0.2) is 0 Å². The van der Waals surface area contributed by atoms with Crippen LogP contribution in [0.25, 0.3) is 0 Å². The summed E-state index contributed by atoms with van der Waals surface area (Å²) in [4.78, 5) is 29.4. The fourth-order valence-electron chi connectivity index (χ4n) is 3.86. The second-order valence-electron chi connectivity index (χ2n) is 7.35. The smallest absolute Gasteiger partial charge is 0.416 e. The van der Waals surface area contributed by atoms with Gasteiger partial charge in [0.05, 0.1) is 18.0 Å². The largest absolute Gasteiger partial charge is 0.465 e. The molecule has 1 atom stereocenters. The fraction of sp³-hybridized carbons (Fsp3) is 0.579. The lowest BCUT2D eigenvalue weighted by Gasteiger charge is -2.42. The third-order valence-electron chi connectivity index (χ3n) is 5.38. The van der Waals surface area contributed by atoms with Gasteiger partial charge in [-0.15, -0.1) is 0 Å². The molecule has 6 nitrogen and oxygen atoms in total. The van der Waals surface area contributed by atoms with E-state index in [1.807, 2.05) is 0 Å². The van der Waals surface area contributed by atoms with Crippen LogP contribution in [-0.2, 0) is 17.4 Å². The number of alkyl halides is 3. The van der Waals surface area contributed by atoms with Gasteiger partial charge in [0.1, 0.15) is 0 Å². The fourth-order valence-corrected chi connectivity index (χ4v) is 3.86. The van der Waals surface area contributed by atoms with Gasteiger partial charge in [0.25, 0.3) is 0 Å². The number of carbonyl (C=O) groups excluding carboxylic acids is 1. The molecule has 0 saturated carbocycles. The topological polar surface area (TPSA) is 64.1 Å². The van der Waals surface area contributed by atoms with Gasteiger partial charge < -0.3 is 19.8 Å². The number of hydrogen-bond acceptors (Lipinski definition) is 3. The second-order valence-corrected chi connectivity index (χ2v) is 7.35. The van der Waals surface area contributed by atoms with Crippen LogP contribution < -0.4 is 0 Å². The quantitative estimate of drug-likeness (QED) is 0.845. The van der Waals surface area contributed by atoms with E-state index in [4.69, 9.17) is 0 Å². The highest BCUT2D eigenvalue weighted by molar-refractivity contribution is 5.79. The molecular weight excluding hydrogens is 375 g/mol. The van der Waals surface area contributed by atoms with Crippen LogP contribution in [0, 0.1) is 0 Å². The van der Waals surface area contributed by atoms with Crippen molar-refractivity contribution in [3.8, 4) is 0 Å². The molecule has 3 rings (SSSR count). The van der Waals surface area contributed by atoms with Crippen molar-refractivity contribution in [2.75, 3.05) is 39.3 Å². The van der Waals surface area contributed by atoms with Crippen molar-refractivity contribution in [2.45, 2.75) is 31.5 Å². The van der Waals surface area contributed by atoms with Gasteiger partial charge in [-0.2, -0.15) is 13.2 Å². The third-order valence-corrected chi connectivity index (χ3v) is 5.38. The van der Waals surface area contributed by atoms with Crippen molar-refractivity contribution >= 4 is 12.0 Å². The molecule has 2 saturated heterocycles. The zero-order chi connectivity index (χ0) is 20.3.